The molecular weight excluding hydrogens is 578 g/mol. The first-order valence-electron chi connectivity index (χ1n) is 13.8. The van der Waals surface area contributed by atoms with Crippen LogP contribution in [0.2, 0.25) is 0 Å². The van der Waals surface area contributed by atoms with Crippen LogP contribution in [0.15, 0.2) is 48.5 Å². The third-order valence-corrected chi connectivity index (χ3v) is 8.27. The fourth-order valence-corrected chi connectivity index (χ4v) is 5.75. The second-order valence-electron chi connectivity index (χ2n) is 10.1. The number of ether oxygens (including phenoxy) is 3. The van der Waals surface area contributed by atoms with Gasteiger partial charge in [-0.15, -0.1) is 0 Å². The lowest BCUT2D eigenvalue weighted by Gasteiger charge is -2.27. The topological polar surface area (TPSA) is 109 Å². The lowest BCUT2D eigenvalue weighted by Crippen LogP contribution is -2.31. The van der Waals surface area contributed by atoms with Crippen molar-refractivity contribution in [3.63, 3.8) is 0 Å². The summed E-state index contributed by atoms with van der Waals surface area (Å²) in [6.45, 7) is 5.56. The molecule has 9 nitrogen and oxygen atoms in total. The summed E-state index contributed by atoms with van der Waals surface area (Å²) >= 11 is 1.39. The van der Waals surface area contributed by atoms with Crippen molar-refractivity contribution in [2.45, 2.75) is 45.9 Å². The number of fused-ring (bicyclic) bond motifs is 1. The fraction of sp³-hybridized carbons (Fsp3) is 0.290. The minimum Gasteiger partial charge on any atom is -0.478 e. The van der Waals surface area contributed by atoms with Gasteiger partial charge in [-0.3, -0.25) is 0 Å². The van der Waals surface area contributed by atoms with Crippen molar-refractivity contribution < 1.29 is 32.9 Å². The van der Waals surface area contributed by atoms with Crippen LogP contribution in [-0.4, -0.2) is 49.9 Å². The van der Waals surface area contributed by atoms with Crippen LogP contribution in [0.1, 0.15) is 45.7 Å². The molecule has 4 heterocycles. The highest BCUT2D eigenvalue weighted by Gasteiger charge is 2.24. The molecule has 0 saturated carbocycles. The highest BCUT2D eigenvalue weighted by atomic mass is 32.1. The van der Waals surface area contributed by atoms with E-state index in [1.807, 2.05) is 18.4 Å². The van der Waals surface area contributed by atoms with E-state index >= 15 is 8.78 Å². The van der Waals surface area contributed by atoms with Gasteiger partial charge >= 0.3 is 5.97 Å². The second kappa shape index (κ2) is 12.1. The standard InChI is InChI=1S/C31H28F2N4O5S/c1-3-40-31-34-17(2)27(43-31)16-42-29-6-4-5-24(36-29)21-14-22(32)19(11-23(21)33)13-28-35-25-8-7-18(30(38)39)12-26(25)37(28)15-20-9-10-41-20/h4-8,11-12,14,20H,3,9-10,13,15-16H2,1-2H3,(H,38,39)/t20-/m0/s1. The number of pyridine rings is 1. The Hall–Kier alpha value is -4.42. The van der Waals surface area contributed by atoms with E-state index in [-0.39, 0.29) is 47.4 Å². The number of benzene rings is 2. The van der Waals surface area contributed by atoms with Gasteiger partial charge in [0.05, 0.1) is 52.1 Å². The maximum Gasteiger partial charge on any atom is 0.335 e. The van der Waals surface area contributed by atoms with Gasteiger partial charge in [0.1, 0.15) is 24.1 Å². The molecule has 1 aliphatic heterocycles. The Balaban J connectivity index is 1.25. The summed E-state index contributed by atoms with van der Waals surface area (Å²) in [5, 5.41) is 10.0. The number of hydrogen-bond donors (Lipinski definition) is 1. The number of thiazole rings is 1. The molecule has 0 unspecified atom stereocenters. The summed E-state index contributed by atoms with van der Waals surface area (Å²) in [5.74, 6) is -1.56. The molecule has 0 aliphatic carbocycles. The molecule has 0 spiro atoms. The molecule has 1 saturated heterocycles. The minimum absolute atomic E-state index is 0.00134. The summed E-state index contributed by atoms with van der Waals surface area (Å²) < 4.78 is 49.7. The zero-order valence-electron chi connectivity index (χ0n) is 23.5. The highest BCUT2D eigenvalue weighted by Crippen LogP contribution is 2.30. The quantitative estimate of drug-likeness (QED) is 0.189. The Morgan fingerprint density at radius 1 is 1.12 bits per heavy atom. The number of carboxylic acid groups (broad SMARTS) is 1. The van der Waals surface area contributed by atoms with Gasteiger partial charge in [0.25, 0.3) is 5.19 Å². The van der Waals surface area contributed by atoms with Crippen LogP contribution in [0.25, 0.3) is 22.3 Å². The smallest absolute Gasteiger partial charge is 0.335 e. The predicted molar refractivity (Wildman–Crippen MR) is 156 cm³/mol. The molecular formula is C31H28F2N4O5S. The van der Waals surface area contributed by atoms with Gasteiger partial charge in [-0.1, -0.05) is 17.4 Å². The van der Waals surface area contributed by atoms with Gasteiger partial charge in [-0.2, -0.15) is 0 Å². The number of imidazole rings is 1. The monoisotopic (exact) mass is 606 g/mol. The first-order valence-corrected chi connectivity index (χ1v) is 14.6. The molecule has 0 radical (unpaired) electrons. The van der Waals surface area contributed by atoms with Crippen LogP contribution in [0.3, 0.4) is 0 Å². The fourth-order valence-electron chi connectivity index (χ4n) is 4.87. The molecule has 3 aromatic heterocycles. The number of rotatable bonds is 11. The molecule has 0 amide bonds. The first-order chi connectivity index (χ1) is 20.8. The van der Waals surface area contributed by atoms with Crippen molar-refractivity contribution in [3.05, 3.63) is 87.7 Å². The zero-order chi connectivity index (χ0) is 30.1. The molecule has 1 fully saturated rings. The Bertz CT molecular complexity index is 1820. The van der Waals surface area contributed by atoms with Gasteiger partial charge in [0, 0.05) is 24.7 Å². The number of halogens is 2. The molecule has 1 aliphatic rings. The summed E-state index contributed by atoms with van der Waals surface area (Å²) in [4.78, 5) is 25.8. The largest absolute Gasteiger partial charge is 0.478 e. The van der Waals surface area contributed by atoms with Gasteiger partial charge in [-0.05, 0) is 62.2 Å². The van der Waals surface area contributed by atoms with Crippen molar-refractivity contribution in [1.29, 1.82) is 0 Å². The Labute approximate surface area is 249 Å². The summed E-state index contributed by atoms with van der Waals surface area (Å²) in [7, 11) is 0. The summed E-state index contributed by atoms with van der Waals surface area (Å²) in [6.07, 6.45) is 0.797. The average Bonchev–Trinajstić information content (AvgIpc) is 3.49. The molecule has 222 valence electrons. The van der Waals surface area contributed by atoms with Crippen molar-refractivity contribution in [1.82, 2.24) is 19.5 Å². The van der Waals surface area contributed by atoms with Gasteiger partial charge in [0.15, 0.2) is 0 Å². The average molecular weight is 607 g/mol. The van der Waals surface area contributed by atoms with Crippen LogP contribution >= 0.6 is 11.3 Å². The molecule has 6 rings (SSSR count). The van der Waals surface area contributed by atoms with Crippen LogP contribution in [0.4, 0.5) is 8.78 Å². The van der Waals surface area contributed by atoms with Crippen LogP contribution in [0.5, 0.6) is 11.1 Å². The lowest BCUT2D eigenvalue weighted by atomic mass is 10.0. The van der Waals surface area contributed by atoms with Crippen molar-refractivity contribution in [2.75, 3.05) is 13.2 Å². The zero-order valence-corrected chi connectivity index (χ0v) is 24.3. The van der Waals surface area contributed by atoms with E-state index in [1.54, 1.807) is 30.3 Å². The number of hydrogen-bond acceptors (Lipinski definition) is 8. The molecule has 0 bridgehead atoms. The van der Waals surface area contributed by atoms with Gasteiger partial charge in [-0.25, -0.2) is 28.5 Å². The minimum atomic E-state index is -1.06. The SMILES string of the molecule is CCOc1nc(C)c(COc2cccc(-c3cc(F)c(Cc4nc5ccc(C(=O)O)cc5n4C[C@@H]4CCO4)cc3F)n2)s1. The third kappa shape index (κ3) is 6.06. The number of carbonyl (C=O) groups is 1. The molecule has 2 aromatic carbocycles. The third-order valence-electron chi connectivity index (χ3n) is 7.23. The molecule has 5 aromatic rings. The van der Waals surface area contributed by atoms with E-state index < -0.39 is 17.6 Å². The normalized spacial score (nSPS) is 14.6. The summed E-state index contributed by atoms with van der Waals surface area (Å²) in [5.41, 5.74) is 2.43. The van der Waals surface area contributed by atoms with Gasteiger partial charge in [0.2, 0.25) is 5.88 Å². The molecule has 1 atom stereocenters. The molecule has 1 N–H and O–H groups in total. The van der Waals surface area contributed by atoms with E-state index in [2.05, 4.69) is 15.0 Å². The number of aromatic carboxylic acids is 1. The highest BCUT2D eigenvalue weighted by molar-refractivity contribution is 7.13. The van der Waals surface area contributed by atoms with Crippen molar-refractivity contribution in [3.8, 4) is 22.3 Å². The lowest BCUT2D eigenvalue weighted by molar-refractivity contribution is -0.0589. The Morgan fingerprint density at radius 2 is 1.95 bits per heavy atom. The Morgan fingerprint density at radius 3 is 2.70 bits per heavy atom. The maximum absolute atomic E-state index is 15.5. The second-order valence-corrected chi connectivity index (χ2v) is 11.1. The van der Waals surface area contributed by atoms with Crippen molar-refractivity contribution in [2.24, 2.45) is 0 Å². The van der Waals surface area contributed by atoms with Gasteiger partial charge < -0.3 is 23.9 Å². The molecule has 12 heteroatoms. The molecule has 43 heavy (non-hydrogen) atoms. The van der Waals surface area contributed by atoms with E-state index in [0.29, 0.717) is 41.8 Å². The number of nitrogens with zero attached hydrogens (tertiary/aromatic N) is 4. The first kappa shape index (κ1) is 28.7. The Kier molecular flexibility index (Phi) is 8.04. The number of aromatic nitrogens is 4. The predicted octanol–water partition coefficient (Wildman–Crippen LogP) is 6.20. The van der Waals surface area contributed by atoms with Crippen LogP contribution in [-0.2, 0) is 24.3 Å². The van der Waals surface area contributed by atoms with E-state index in [1.165, 1.54) is 17.4 Å². The van der Waals surface area contributed by atoms with E-state index in [9.17, 15) is 9.90 Å². The van der Waals surface area contributed by atoms with Crippen molar-refractivity contribution >= 4 is 28.3 Å². The van der Waals surface area contributed by atoms with Crippen LogP contribution < -0.4 is 9.47 Å². The van der Waals surface area contributed by atoms with E-state index in [0.717, 1.165) is 29.1 Å². The maximum atomic E-state index is 15.5. The number of aryl methyl sites for hydroxylation is 1. The summed E-state index contributed by atoms with van der Waals surface area (Å²) in [6, 6.07) is 11.8. The number of carboxylic acids is 1. The van der Waals surface area contributed by atoms with E-state index in [4.69, 9.17) is 14.2 Å². The van der Waals surface area contributed by atoms with Crippen LogP contribution in [0, 0.1) is 18.6 Å².